The average molecular weight is 561 g/mol. The van der Waals surface area contributed by atoms with Crippen molar-refractivity contribution >= 4 is 44.8 Å². The third kappa shape index (κ3) is 5.51. The standard InChI is InChI=1S/C24H18Cl2F4N2O3S/c25-16-3-5-17(6-4-16)36(34,35)32-10-9-18-15(13-32)2-8-20(26)23(18)31-22(33)12-14-1-7-19(21(27)11-14)24(28,29)30/h1-8,11H,9-10,12-13H2,(H,31,33). The normalized spacial score (nSPS) is 14.4. The lowest BCUT2D eigenvalue weighted by molar-refractivity contribution is -0.140. The molecule has 0 bridgehead atoms. The summed E-state index contributed by atoms with van der Waals surface area (Å²) in [7, 11) is -3.79. The van der Waals surface area contributed by atoms with Crippen LogP contribution in [0.4, 0.5) is 23.2 Å². The van der Waals surface area contributed by atoms with Crippen LogP contribution in [0, 0.1) is 5.82 Å². The molecule has 1 N–H and O–H groups in total. The number of halogens is 6. The van der Waals surface area contributed by atoms with Gasteiger partial charge in [0.25, 0.3) is 0 Å². The van der Waals surface area contributed by atoms with E-state index < -0.39 is 33.5 Å². The molecule has 0 unspecified atom stereocenters. The number of benzene rings is 3. The van der Waals surface area contributed by atoms with Gasteiger partial charge < -0.3 is 5.32 Å². The molecule has 36 heavy (non-hydrogen) atoms. The first-order valence-electron chi connectivity index (χ1n) is 10.6. The molecule has 0 aliphatic carbocycles. The van der Waals surface area contributed by atoms with Gasteiger partial charge in [-0.05, 0) is 65.6 Å². The smallest absolute Gasteiger partial charge is 0.324 e. The van der Waals surface area contributed by atoms with Gasteiger partial charge in [-0.15, -0.1) is 0 Å². The maximum absolute atomic E-state index is 13.9. The molecule has 0 radical (unpaired) electrons. The lowest BCUT2D eigenvalue weighted by atomic mass is 9.98. The molecule has 0 aromatic heterocycles. The number of rotatable bonds is 5. The number of amides is 1. The van der Waals surface area contributed by atoms with Gasteiger partial charge in [0.2, 0.25) is 15.9 Å². The second-order valence-electron chi connectivity index (χ2n) is 8.14. The highest BCUT2D eigenvalue weighted by molar-refractivity contribution is 7.89. The number of alkyl halides is 3. The molecule has 0 fully saturated rings. The number of hydrogen-bond acceptors (Lipinski definition) is 3. The molecule has 4 rings (SSSR count). The summed E-state index contributed by atoms with van der Waals surface area (Å²) in [6, 6.07) is 11.3. The van der Waals surface area contributed by atoms with Gasteiger partial charge in [0.15, 0.2) is 0 Å². The van der Waals surface area contributed by atoms with Crippen LogP contribution in [-0.4, -0.2) is 25.2 Å². The fourth-order valence-electron chi connectivity index (χ4n) is 3.97. The van der Waals surface area contributed by atoms with Gasteiger partial charge in [-0.2, -0.15) is 17.5 Å². The van der Waals surface area contributed by atoms with E-state index >= 15 is 0 Å². The number of sulfonamides is 1. The van der Waals surface area contributed by atoms with E-state index in [9.17, 15) is 30.8 Å². The maximum Gasteiger partial charge on any atom is 0.419 e. The second-order valence-corrected chi connectivity index (χ2v) is 10.9. The van der Waals surface area contributed by atoms with Gasteiger partial charge >= 0.3 is 6.18 Å². The van der Waals surface area contributed by atoms with E-state index in [0.29, 0.717) is 28.3 Å². The Morgan fingerprint density at radius 1 is 1.03 bits per heavy atom. The van der Waals surface area contributed by atoms with Crippen molar-refractivity contribution in [3.8, 4) is 0 Å². The van der Waals surface area contributed by atoms with E-state index in [0.717, 1.165) is 6.07 Å². The monoisotopic (exact) mass is 560 g/mol. The Balaban J connectivity index is 1.52. The summed E-state index contributed by atoms with van der Waals surface area (Å²) >= 11 is 12.2. The number of carbonyl (C=O) groups excluding carboxylic acids is 1. The maximum atomic E-state index is 13.9. The highest BCUT2D eigenvalue weighted by atomic mass is 35.5. The zero-order valence-corrected chi connectivity index (χ0v) is 20.7. The minimum atomic E-state index is -4.84. The molecule has 12 heteroatoms. The first-order valence-corrected chi connectivity index (χ1v) is 12.8. The van der Waals surface area contributed by atoms with Crippen LogP contribution in [0.2, 0.25) is 10.0 Å². The molecule has 1 aliphatic rings. The van der Waals surface area contributed by atoms with Crippen LogP contribution in [0.1, 0.15) is 22.3 Å². The zero-order valence-electron chi connectivity index (χ0n) is 18.4. The highest BCUT2D eigenvalue weighted by Crippen LogP contribution is 2.35. The first kappa shape index (κ1) is 26.4. The van der Waals surface area contributed by atoms with Crippen LogP contribution in [0.5, 0.6) is 0 Å². The lowest BCUT2D eigenvalue weighted by Crippen LogP contribution is -2.36. The largest absolute Gasteiger partial charge is 0.419 e. The van der Waals surface area contributed by atoms with Crippen molar-refractivity contribution in [1.29, 1.82) is 0 Å². The summed E-state index contributed by atoms with van der Waals surface area (Å²) in [5.41, 5.74) is 0.218. The Bertz CT molecular complexity index is 1430. The van der Waals surface area contributed by atoms with Crippen LogP contribution in [0.3, 0.4) is 0 Å². The van der Waals surface area contributed by atoms with Crippen LogP contribution in [-0.2, 0) is 40.4 Å². The first-order chi connectivity index (χ1) is 16.9. The van der Waals surface area contributed by atoms with Gasteiger partial charge in [0, 0.05) is 18.1 Å². The molecular weight excluding hydrogens is 543 g/mol. The number of hydrogen-bond donors (Lipinski definition) is 1. The van der Waals surface area contributed by atoms with Crippen LogP contribution in [0.15, 0.2) is 59.5 Å². The topological polar surface area (TPSA) is 66.5 Å². The molecule has 0 saturated heterocycles. The molecule has 1 aliphatic heterocycles. The summed E-state index contributed by atoms with van der Waals surface area (Å²) in [4.78, 5) is 12.7. The van der Waals surface area contributed by atoms with E-state index in [4.69, 9.17) is 23.2 Å². The number of carbonyl (C=O) groups is 1. The fraction of sp³-hybridized carbons (Fsp3) is 0.208. The van der Waals surface area contributed by atoms with Crippen molar-refractivity contribution in [2.75, 3.05) is 11.9 Å². The van der Waals surface area contributed by atoms with Crippen LogP contribution >= 0.6 is 23.2 Å². The van der Waals surface area contributed by atoms with Gasteiger partial charge in [0.05, 0.1) is 27.6 Å². The summed E-state index contributed by atoms with van der Waals surface area (Å²) in [5.74, 6) is -2.08. The quantitative estimate of drug-likeness (QED) is 0.384. The van der Waals surface area contributed by atoms with Crippen molar-refractivity contribution in [2.24, 2.45) is 0 Å². The zero-order chi connectivity index (χ0) is 26.3. The summed E-state index contributed by atoms with van der Waals surface area (Å²) in [5, 5.41) is 3.27. The van der Waals surface area contributed by atoms with Gasteiger partial charge in [-0.25, -0.2) is 12.8 Å². The van der Waals surface area contributed by atoms with Crippen molar-refractivity contribution < 1.29 is 30.8 Å². The van der Waals surface area contributed by atoms with E-state index in [1.165, 1.54) is 34.6 Å². The molecule has 5 nitrogen and oxygen atoms in total. The Morgan fingerprint density at radius 2 is 1.72 bits per heavy atom. The Morgan fingerprint density at radius 3 is 2.36 bits per heavy atom. The molecule has 3 aromatic rings. The predicted octanol–water partition coefficient (Wildman–Crippen LogP) is 6.08. The van der Waals surface area contributed by atoms with Crippen molar-refractivity contribution in [2.45, 2.75) is 30.5 Å². The van der Waals surface area contributed by atoms with Crippen LogP contribution < -0.4 is 5.32 Å². The predicted molar refractivity (Wildman–Crippen MR) is 128 cm³/mol. The van der Waals surface area contributed by atoms with E-state index in [1.807, 2.05) is 0 Å². The molecule has 0 atom stereocenters. The van der Waals surface area contributed by atoms with Crippen molar-refractivity contribution in [3.05, 3.63) is 92.7 Å². The molecule has 1 heterocycles. The molecule has 190 valence electrons. The highest BCUT2D eigenvalue weighted by Gasteiger charge is 2.34. The summed E-state index contributed by atoms with van der Waals surface area (Å²) in [6.07, 6.45) is -4.96. The number of nitrogens with zero attached hydrogens (tertiary/aromatic N) is 1. The third-order valence-corrected chi connectivity index (χ3v) is 8.16. The molecule has 0 saturated carbocycles. The fourth-order valence-corrected chi connectivity index (χ4v) is 5.73. The molecule has 0 spiro atoms. The number of nitrogens with one attached hydrogen (secondary N) is 1. The SMILES string of the molecule is O=C(Cc1ccc(C(F)(F)F)c(F)c1)Nc1c(Cl)ccc2c1CCN(S(=O)(=O)c1ccc(Cl)cc1)C2. The van der Waals surface area contributed by atoms with E-state index in [-0.39, 0.29) is 47.1 Å². The van der Waals surface area contributed by atoms with Crippen LogP contribution in [0.25, 0.3) is 0 Å². The number of fused-ring (bicyclic) bond motifs is 1. The van der Waals surface area contributed by atoms with E-state index in [2.05, 4.69) is 5.32 Å². The minimum Gasteiger partial charge on any atom is -0.324 e. The van der Waals surface area contributed by atoms with Gasteiger partial charge in [-0.3, -0.25) is 4.79 Å². The van der Waals surface area contributed by atoms with Crippen molar-refractivity contribution in [1.82, 2.24) is 4.31 Å². The molecule has 3 aromatic carbocycles. The lowest BCUT2D eigenvalue weighted by Gasteiger charge is -2.30. The minimum absolute atomic E-state index is 0.0461. The summed E-state index contributed by atoms with van der Waals surface area (Å²) < 4.78 is 79.6. The number of anilines is 1. The average Bonchev–Trinajstić information content (AvgIpc) is 2.80. The Kier molecular flexibility index (Phi) is 7.34. The second kappa shape index (κ2) is 10.0. The molecular formula is C24H18Cl2F4N2O3S. The summed E-state index contributed by atoms with van der Waals surface area (Å²) in [6.45, 7) is 0.176. The Hall–Kier alpha value is -2.66. The van der Waals surface area contributed by atoms with Gasteiger partial charge in [-0.1, -0.05) is 35.3 Å². The van der Waals surface area contributed by atoms with E-state index in [1.54, 1.807) is 6.07 Å². The van der Waals surface area contributed by atoms with Gasteiger partial charge in [0.1, 0.15) is 5.82 Å². The molecule has 1 amide bonds. The third-order valence-electron chi connectivity index (χ3n) is 5.74. The van der Waals surface area contributed by atoms with Crippen molar-refractivity contribution in [3.63, 3.8) is 0 Å². The Labute approximate surface area is 214 Å².